The van der Waals surface area contributed by atoms with E-state index in [0.29, 0.717) is 44.1 Å². The highest BCUT2D eigenvalue weighted by Gasteiger charge is 2.36. The van der Waals surface area contributed by atoms with Gasteiger partial charge < -0.3 is 20.1 Å². The van der Waals surface area contributed by atoms with Crippen molar-refractivity contribution in [1.29, 1.82) is 0 Å². The second kappa shape index (κ2) is 11.8. The van der Waals surface area contributed by atoms with Gasteiger partial charge in [-0.2, -0.15) is 0 Å². The highest BCUT2D eigenvalue weighted by atomic mass is 16.6. The molecule has 35 heavy (non-hydrogen) atoms. The normalized spacial score (nSPS) is 12.3. The van der Waals surface area contributed by atoms with Gasteiger partial charge in [-0.1, -0.05) is 6.07 Å². The molecule has 2 N–H and O–H groups in total. The van der Waals surface area contributed by atoms with Gasteiger partial charge in [0.2, 0.25) is 0 Å². The minimum Gasteiger partial charge on any atom is -0.490 e. The Hall–Kier alpha value is -4.15. The van der Waals surface area contributed by atoms with E-state index >= 15 is 0 Å². The molecule has 1 aliphatic heterocycles. The van der Waals surface area contributed by atoms with Gasteiger partial charge in [-0.15, -0.1) is 0 Å². The standard InChI is InChI=1S/C24H28N4O7/c1-3-34-20-9-6-16(14-21(20)35-4-2)10-12-26-24(31)25-11-5-13-27-22(29)18-8-7-17(28(32)33)15-19(18)23(27)30/h6-9,14-15H,3-5,10-13H2,1-2H3,(H2,25,26,31). The van der Waals surface area contributed by atoms with E-state index in [0.717, 1.165) is 16.5 Å². The van der Waals surface area contributed by atoms with E-state index in [9.17, 15) is 24.5 Å². The number of ether oxygens (including phenoxy) is 2. The van der Waals surface area contributed by atoms with Crippen LogP contribution in [-0.2, 0) is 6.42 Å². The maximum absolute atomic E-state index is 12.5. The molecule has 4 amide bonds. The van der Waals surface area contributed by atoms with Crippen molar-refractivity contribution < 1.29 is 28.8 Å². The van der Waals surface area contributed by atoms with E-state index in [4.69, 9.17) is 9.47 Å². The number of hydrogen-bond acceptors (Lipinski definition) is 7. The van der Waals surface area contributed by atoms with Crippen LogP contribution in [0.25, 0.3) is 0 Å². The zero-order chi connectivity index (χ0) is 25.4. The lowest BCUT2D eigenvalue weighted by molar-refractivity contribution is -0.384. The third-order valence-corrected chi connectivity index (χ3v) is 5.32. The molecule has 1 aliphatic rings. The average molecular weight is 485 g/mol. The van der Waals surface area contributed by atoms with Crippen LogP contribution in [0.2, 0.25) is 0 Å². The molecule has 11 heteroatoms. The van der Waals surface area contributed by atoms with Gasteiger partial charge in [0, 0.05) is 31.8 Å². The molecule has 0 saturated carbocycles. The molecule has 0 unspecified atom stereocenters. The molecule has 2 aromatic rings. The van der Waals surface area contributed by atoms with Crippen molar-refractivity contribution in [2.75, 3.05) is 32.8 Å². The minimum atomic E-state index is -0.614. The fourth-order valence-electron chi connectivity index (χ4n) is 3.67. The number of nitrogens with zero attached hydrogens (tertiary/aromatic N) is 2. The third-order valence-electron chi connectivity index (χ3n) is 5.32. The summed E-state index contributed by atoms with van der Waals surface area (Å²) in [5.41, 5.74) is 0.914. The lowest BCUT2D eigenvalue weighted by Gasteiger charge is -2.14. The lowest BCUT2D eigenvalue weighted by Crippen LogP contribution is -2.38. The summed E-state index contributed by atoms with van der Waals surface area (Å²) in [6, 6.07) is 8.91. The maximum Gasteiger partial charge on any atom is 0.314 e. The van der Waals surface area contributed by atoms with Gasteiger partial charge in [0.1, 0.15) is 0 Å². The van der Waals surface area contributed by atoms with Crippen LogP contribution in [0.1, 0.15) is 46.5 Å². The molecule has 2 aromatic carbocycles. The first-order chi connectivity index (χ1) is 16.8. The summed E-state index contributed by atoms with van der Waals surface area (Å²) in [4.78, 5) is 48.3. The molecule has 0 bridgehead atoms. The molecular formula is C24H28N4O7. The topological polar surface area (TPSA) is 140 Å². The fourth-order valence-corrected chi connectivity index (χ4v) is 3.67. The predicted molar refractivity (Wildman–Crippen MR) is 127 cm³/mol. The first kappa shape index (κ1) is 25.5. The summed E-state index contributed by atoms with van der Waals surface area (Å²) in [7, 11) is 0. The van der Waals surface area contributed by atoms with E-state index in [1.165, 1.54) is 12.1 Å². The van der Waals surface area contributed by atoms with Crippen molar-refractivity contribution >= 4 is 23.5 Å². The zero-order valence-electron chi connectivity index (χ0n) is 19.7. The molecule has 186 valence electrons. The number of imide groups is 1. The Kier molecular flexibility index (Phi) is 8.60. The Labute approximate surface area is 202 Å². The number of benzene rings is 2. The Bertz CT molecular complexity index is 1120. The van der Waals surface area contributed by atoms with Gasteiger partial charge in [-0.3, -0.25) is 24.6 Å². The Morgan fingerprint density at radius 2 is 1.63 bits per heavy atom. The molecule has 3 rings (SSSR count). The summed E-state index contributed by atoms with van der Waals surface area (Å²) >= 11 is 0. The molecule has 0 radical (unpaired) electrons. The number of amides is 4. The first-order valence-electron chi connectivity index (χ1n) is 11.4. The SMILES string of the molecule is CCOc1ccc(CCNC(=O)NCCCN2C(=O)c3ccc([N+](=O)[O-])cc3C2=O)cc1OCC. The summed E-state index contributed by atoms with van der Waals surface area (Å²) in [6.07, 6.45) is 0.943. The Morgan fingerprint density at radius 1 is 0.943 bits per heavy atom. The molecule has 0 saturated heterocycles. The van der Waals surface area contributed by atoms with Gasteiger partial charge in [-0.05, 0) is 50.5 Å². The van der Waals surface area contributed by atoms with Crippen molar-refractivity contribution in [3.8, 4) is 11.5 Å². The molecule has 11 nitrogen and oxygen atoms in total. The Balaban J connectivity index is 1.40. The van der Waals surface area contributed by atoms with Crippen LogP contribution in [0.3, 0.4) is 0 Å². The van der Waals surface area contributed by atoms with Gasteiger partial charge in [0.25, 0.3) is 17.5 Å². The van der Waals surface area contributed by atoms with E-state index in [2.05, 4.69) is 10.6 Å². The number of urea groups is 1. The monoisotopic (exact) mass is 484 g/mol. The van der Waals surface area contributed by atoms with E-state index in [1.54, 1.807) is 0 Å². The van der Waals surface area contributed by atoms with Crippen molar-refractivity contribution in [3.05, 3.63) is 63.2 Å². The van der Waals surface area contributed by atoms with Crippen molar-refractivity contribution in [3.63, 3.8) is 0 Å². The average Bonchev–Trinajstić information content (AvgIpc) is 3.07. The molecule has 0 fully saturated rings. The highest BCUT2D eigenvalue weighted by Crippen LogP contribution is 2.29. The quantitative estimate of drug-likeness (QED) is 0.204. The van der Waals surface area contributed by atoms with Crippen LogP contribution < -0.4 is 20.1 Å². The zero-order valence-corrected chi connectivity index (χ0v) is 19.7. The summed E-state index contributed by atoms with van der Waals surface area (Å²) in [6.45, 7) is 5.60. The van der Waals surface area contributed by atoms with Crippen molar-refractivity contribution in [2.45, 2.75) is 26.7 Å². The van der Waals surface area contributed by atoms with Crippen LogP contribution in [0.15, 0.2) is 36.4 Å². The van der Waals surface area contributed by atoms with Gasteiger partial charge in [0.05, 0.1) is 29.3 Å². The Morgan fingerprint density at radius 3 is 2.34 bits per heavy atom. The van der Waals surface area contributed by atoms with Crippen LogP contribution >= 0.6 is 0 Å². The van der Waals surface area contributed by atoms with Crippen LogP contribution in [-0.4, -0.2) is 60.5 Å². The first-order valence-corrected chi connectivity index (χ1v) is 11.4. The third kappa shape index (κ3) is 6.25. The lowest BCUT2D eigenvalue weighted by atomic mass is 10.1. The molecular weight excluding hydrogens is 456 g/mol. The molecule has 1 heterocycles. The van der Waals surface area contributed by atoms with Crippen molar-refractivity contribution in [2.24, 2.45) is 0 Å². The number of rotatable bonds is 12. The van der Waals surface area contributed by atoms with Crippen LogP contribution in [0.5, 0.6) is 11.5 Å². The van der Waals surface area contributed by atoms with Crippen LogP contribution in [0, 0.1) is 10.1 Å². The molecule has 0 spiro atoms. The second-order valence-electron chi connectivity index (χ2n) is 7.68. The highest BCUT2D eigenvalue weighted by molar-refractivity contribution is 6.21. The van der Waals surface area contributed by atoms with E-state index in [-0.39, 0.29) is 35.9 Å². The molecule has 0 aromatic heterocycles. The number of nitro groups is 1. The maximum atomic E-state index is 12.5. The number of non-ortho nitro benzene ring substituents is 1. The number of fused-ring (bicyclic) bond motifs is 1. The summed E-state index contributed by atoms with van der Waals surface area (Å²) in [5.74, 6) is 0.283. The predicted octanol–water partition coefficient (Wildman–Crippen LogP) is 2.92. The van der Waals surface area contributed by atoms with E-state index in [1.807, 2.05) is 32.0 Å². The van der Waals surface area contributed by atoms with Crippen LogP contribution in [0.4, 0.5) is 10.5 Å². The minimum absolute atomic E-state index is 0.0247. The number of nitro benzene ring substituents is 1. The fraction of sp³-hybridized carbons (Fsp3) is 0.375. The van der Waals surface area contributed by atoms with Gasteiger partial charge in [-0.25, -0.2) is 4.79 Å². The van der Waals surface area contributed by atoms with Gasteiger partial charge >= 0.3 is 6.03 Å². The molecule has 0 atom stereocenters. The number of hydrogen-bond donors (Lipinski definition) is 2. The summed E-state index contributed by atoms with van der Waals surface area (Å²) < 4.78 is 11.2. The van der Waals surface area contributed by atoms with Gasteiger partial charge in [0.15, 0.2) is 11.5 Å². The number of carbonyl (C=O) groups excluding carboxylic acids is 3. The summed E-state index contributed by atoms with van der Waals surface area (Å²) in [5, 5.41) is 16.4. The largest absolute Gasteiger partial charge is 0.490 e. The second-order valence-corrected chi connectivity index (χ2v) is 7.68. The van der Waals surface area contributed by atoms with Crippen molar-refractivity contribution in [1.82, 2.24) is 15.5 Å². The number of nitrogens with one attached hydrogen (secondary N) is 2. The molecule has 0 aliphatic carbocycles. The van der Waals surface area contributed by atoms with E-state index < -0.39 is 16.7 Å². The number of carbonyl (C=O) groups is 3. The smallest absolute Gasteiger partial charge is 0.314 e.